The fourth-order valence-corrected chi connectivity index (χ4v) is 2.12. The highest BCUT2D eigenvalue weighted by Gasteiger charge is 2.23. The summed E-state index contributed by atoms with van der Waals surface area (Å²) < 4.78 is 6.39. The van der Waals surface area contributed by atoms with Crippen LogP contribution < -0.4 is 10.1 Å². The van der Waals surface area contributed by atoms with Crippen molar-refractivity contribution in [3.63, 3.8) is 0 Å². The van der Waals surface area contributed by atoms with Gasteiger partial charge in [0, 0.05) is 17.1 Å². The van der Waals surface area contributed by atoms with Crippen molar-refractivity contribution in [1.29, 1.82) is 0 Å². The van der Waals surface area contributed by atoms with E-state index in [1.807, 2.05) is 24.3 Å². The van der Waals surface area contributed by atoms with Gasteiger partial charge in [0.25, 0.3) is 5.88 Å². The van der Waals surface area contributed by atoms with Crippen LogP contribution in [0.15, 0.2) is 28.7 Å². The zero-order valence-electron chi connectivity index (χ0n) is 11.5. The fraction of sp³-hybridized carbons (Fsp3) is 0.231. The molecule has 1 aromatic heterocycles. The van der Waals surface area contributed by atoms with Crippen molar-refractivity contribution in [2.75, 3.05) is 12.4 Å². The molecule has 2 rings (SSSR count). The number of hydrogen-bond donors (Lipinski definition) is 1. The molecule has 0 aliphatic heterocycles. The van der Waals surface area contributed by atoms with E-state index in [2.05, 4.69) is 31.2 Å². The molecule has 0 unspecified atom stereocenters. The number of rotatable bonds is 5. The molecule has 7 nitrogen and oxygen atoms in total. The highest BCUT2D eigenvalue weighted by molar-refractivity contribution is 9.10. The normalized spacial score (nSPS) is 10.2. The summed E-state index contributed by atoms with van der Waals surface area (Å²) in [7, 11) is 1.64. The summed E-state index contributed by atoms with van der Waals surface area (Å²) in [5.74, 6) is 0.229. The van der Waals surface area contributed by atoms with Crippen LogP contribution in [0.2, 0.25) is 0 Å². The molecule has 0 aliphatic carbocycles. The molecule has 0 saturated carbocycles. The third-order valence-electron chi connectivity index (χ3n) is 2.75. The minimum Gasteiger partial charge on any atom is -0.468 e. The SMILES string of the molecule is CNc1nc(C)c([N+](=O)[O-])c(OCc2ccccc2Br)n1. The summed E-state index contributed by atoms with van der Waals surface area (Å²) in [5, 5.41) is 13.9. The molecule has 110 valence electrons. The van der Waals surface area contributed by atoms with Gasteiger partial charge in [-0.05, 0) is 13.0 Å². The molecule has 0 aliphatic rings. The molecule has 0 radical (unpaired) electrons. The Morgan fingerprint density at radius 1 is 1.38 bits per heavy atom. The lowest BCUT2D eigenvalue weighted by molar-refractivity contribution is -0.387. The van der Waals surface area contributed by atoms with Crippen molar-refractivity contribution in [3.8, 4) is 5.88 Å². The second-order valence-electron chi connectivity index (χ2n) is 4.17. The number of anilines is 1. The van der Waals surface area contributed by atoms with E-state index in [9.17, 15) is 10.1 Å². The Morgan fingerprint density at radius 3 is 2.71 bits per heavy atom. The number of hydrogen-bond acceptors (Lipinski definition) is 6. The molecule has 1 aromatic carbocycles. The molecular formula is C13H13BrN4O3. The van der Waals surface area contributed by atoms with Gasteiger partial charge in [-0.25, -0.2) is 4.98 Å². The largest absolute Gasteiger partial charge is 0.468 e. The lowest BCUT2D eigenvalue weighted by Gasteiger charge is -2.09. The van der Waals surface area contributed by atoms with Gasteiger partial charge in [0.15, 0.2) is 0 Å². The Kier molecular flexibility index (Phi) is 4.69. The third-order valence-corrected chi connectivity index (χ3v) is 3.53. The quantitative estimate of drug-likeness (QED) is 0.656. The average Bonchev–Trinajstić information content (AvgIpc) is 2.45. The molecule has 8 heteroatoms. The van der Waals surface area contributed by atoms with Crippen molar-refractivity contribution in [1.82, 2.24) is 9.97 Å². The third kappa shape index (κ3) is 3.46. The van der Waals surface area contributed by atoms with Gasteiger partial charge in [-0.15, -0.1) is 0 Å². The number of aryl methyl sites for hydroxylation is 1. The number of aromatic nitrogens is 2. The smallest absolute Gasteiger partial charge is 0.352 e. The summed E-state index contributed by atoms with van der Waals surface area (Å²) in [6, 6.07) is 7.48. The van der Waals surface area contributed by atoms with Gasteiger partial charge in [-0.3, -0.25) is 10.1 Å². The first-order valence-corrected chi connectivity index (χ1v) is 6.89. The Morgan fingerprint density at radius 2 is 2.10 bits per heavy atom. The monoisotopic (exact) mass is 352 g/mol. The van der Waals surface area contributed by atoms with Crippen molar-refractivity contribution in [3.05, 3.63) is 50.1 Å². The van der Waals surface area contributed by atoms with Crippen LogP contribution in [-0.2, 0) is 6.61 Å². The molecule has 0 spiro atoms. The minimum absolute atomic E-state index is 0.0485. The molecule has 0 fully saturated rings. The first-order valence-electron chi connectivity index (χ1n) is 6.10. The second-order valence-corrected chi connectivity index (χ2v) is 5.03. The first kappa shape index (κ1) is 15.2. The molecule has 0 bridgehead atoms. The van der Waals surface area contributed by atoms with Gasteiger partial charge in [-0.2, -0.15) is 4.98 Å². The maximum Gasteiger partial charge on any atom is 0.352 e. The van der Waals surface area contributed by atoms with Gasteiger partial charge < -0.3 is 10.1 Å². The first-order chi connectivity index (χ1) is 10.0. The van der Waals surface area contributed by atoms with Crippen LogP contribution in [0.5, 0.6) is 5.88 Å². The number of benzene rings is 1. The lowest BCUT2D eigenvalue weighted by Crippen LogP contribution is -2.07. The van der Waals surface area contributed by atoms with Crippen LogP contribution in [0.25, 0.3) is 0 Å². The van der Waals surface area contributed by atoms with E-state index in [-0.39, 0.29) is 29.8 Å². The van der Waals surface area contributed by atoms with Gasteiger partial charge in [0.1, 0.15) is 12.3 Å². The van der Waals surface area contributed by atoms with Crippen LogP contribution in [0.1, 0.15) is 11.3 Å². The molecule has 21 heavy (non-hydrogen) atoms. The van der Waals surface area contributed by atoms with E-state index in [0.717, 1.165) is 10.0 Å². The minimum atomic E-state index is -0.538. The van der Waals surface area contributed by atoms with E-state index in [1.54, 1.807) is 14.0 Å². The lowest BCUT2D eigenvalue weighted by atomic mass is 10.2. The molecule has 0 saturated heterocycles. The standard InChI is InChI=1S/C13H13BrN4O3/c1-8-11(18(19)20)12(17-13(15-2)16-8)21-7-9-5-3-4-6-10(9)14/h3-6H,7H2,1-2H3,(H,15,16,17). The maximum atomic E-state index is 11.1. The van der Waals surface area contributed by atoms with E-state index >= 15 is 0 Å². The molecule has 0 amide bonds. The van der Waals surface area contributed by atoms with Crippen LogP contribution in [0, 0.1) is 17.0 Å². The van der Waals surface area contributed by atoms with Crippen molar-refractivity contribution in [2.24, 2.45) is 0 Å². The summed E-state index contributed by atoms with van der Waals surface area (Å²) in [6.07, 6.45) is 0. The summed E-state index contributed by atoms with van der Waals surface area (Å²) in [5.41, 5.74) is 0.900. The zero-order valence-corrected chi connectivity index (χ0v) is 13.0. The van der Waals surface area contributed by atoms with E-state index < -0.39 is 4.92 Å². The molecule has 1 N–H and O–H groups in total. The topological polar surface area (TPSA) is 90.2 Å². The second kappa shape index (κ2) is 6.49. The number of ether oxygens (including phenoxy) is 1. The Bertz CT molecular complexity index is 678. The van der Waals surface area contributed by atoms with Crippen LogP contribution in [-0.4, -0.2) is 21.9 Å². The average molecular weight is 353 g/mol. The highest BCUT2D eigenvalue weighted by atomic mass is 79.9. The van der Waals surface area contributed by atoms with Gasteiger partial charge >= 0.3 is 5.69 Å². The number of nitrogens with zero attached hydrogens (tertiary/aromatic N) is 3. The van der Waals surface area contributed by atoms with E-state index in [1.165, 1.54) is 0 Å². The van der Waals surface area contributed by atoms with Crippen molar-refractivity contribution >= 4 is 27.6 Å². The predicted molar refractivity (Wildman–Crippen MR) is 81.4 cm³/mol. The Balaban J connectivity index is 2.32. The predicted octanol–water partition coefficient (Wildman–Crippen LogP) is 3.08. The molecule has 1 heterocycles. The number of nitrogens with one attached hydrogen (secondary N) is 1. The van der Waals surface area contributed by atoms with E-state index in [4.69, 9.17) is 4.74 Å². The summed E-state index contributed by atoms with van der Waals surface area (Å²) >= 11 is 3.40. The van der Waals surface area contributed by atoms with Crippen LogP contribution in [0.4, 0.5) is 11.6 Å². The zero-order chi connectivity index (χ0) is 15.4. The molecular weight excluding hydrogens is 340 g/mol. The van der Waals surface area contributed by atoms with Gasteiger partial charge in [-0.1, -0.05) is 34.1 Å². The highest BCUT2D eigenvalue weighted by Crippen LogP contribution is 2.29. The van der Waals surface area contributed by atoms with Gasteiger partial charge in [0.2, 0.25) is 5.95 Å². The molecule has 2 aromatic rings. The van der Waals surface area contributed by atoms with Crippen LogP contribution >= 0.6 is 15.9 Å². The maximum absolute atomic E-state index is 11.1. The molecule has 0 atom stereocenters. The number of halogens is 1. The van der Waals surface area contributed by atoms with E-state index in [0.29, 0.717) is 0 Å². The van der Waals surface area contributed by atoms with Crippen molar-refractivity contribution in [2.45, 2.75) is 13.5 Å². The summed E-state index contributed by atoms with van der Waals surface area (Å²) in [4.78, 5) is 18.6. The Labute approximate surface area is 129 Å². The van der Waals surface area contributed by atoms with Crippen molar-refractivity contribution < 1.29 is 9.66 Å². The van der Waals surface area contributed by atoms with Crippen LogP contribution in [0.3, 0.4) is 0 Å². The fourth-order valence-electron chi connectivity index (χ4n) is 1.72. The number of nitro groups is 1. The Hall–Kier alpha value is -2.22. The van der Waals surface area contributed by atoms with Gasteiger partial charge in [0.05, 0.1) is 4.92 Å². The summed E-state index contributed by atoms with van der Waals surface area (Å²) in [6.45, 7) is 1.72.